The van der Waals surface area contributed by atoms with Crippen molar-refractivity contribution in [2.24, 2.45) is 0 Å². The molecule has 1 aromatic heterocycles. The van der Waals surface area contributed by atoms with Crippen molar-refractivity contribution >= 4 is 27.3 Å². The van der Waals surface area contributed by atoms with E-state index in [0.717, 1.165) is 5.56 Å². The van der Waals surface area contributed by atoms with Gasteiger partial charge in [-0.3, -0.25) is 4.79 Å². The number of thiophene rings is 1. The molecule has 1 aromatic carbocycles. The minimum absolute atomic E-state index is 0.0301. The van der Waals surface area contributed by atoms with Crippen molar-refractivity contribution < 1.29 is 4.79 Å². The van der Waals surface area contributed by atoms with Gasteiger partial charge in [0.05, 0.1) is 0 Å². The summed E-state index contributed by atoms with van der Waals surface area (Å²) in [5, 5.41) is 5.91. The molecule has 2 aromatic rings. The zero-order valence-electron chi connectivity index (χ0n) is 8.13. The highest BCUT2D eigenvalue weighted by Crippen LogP contribution is 2.26. The third-order valence-electron chi connectivity index (χ3n) is 2.26. The lowest BCUT2D eigenvalue weighted by molar-refractivity contribution is 0.0963. The number of benzene rings is 1. The summed E-state index contributed by atoms with van der Waals surface area (Å²) >= 11 is 1.71. The molecular formula is C11H11NOS. The summed E-state index contributed by atoms with van der Waals surface area (Å²) in [4.78, 5) is 11.4. The van der Waals surface area contributed by atoms with Crippen LogP contribution in [0.4, 0.5) is 0 Å². The van der Waals surface area contributed by atoms with Crippen LogP contribution in [0.5, 0.6) is 0 Å². The van der Waals surface area contributed by atoms with Gasteiger partial charge in [0, 0.05) is 17.3 Å². The first-order valence-electron chi connectivity index (χ1n) is 4.42. The first-order chi connectivity index (χ1) is 6.72. The number of amides is 1. The van der Waals surface area contributed by atoms with Gasteiger partial charge in [-0.1, -0.05) is 0 Å². The van der Waals surface area contributed by atoms with Crippen LogP contribution in [0, 0.1) is 6.92 Å². The predicted octanol–water partition coefficient (Wildman–Crippen LogP) is 2.57. The Morgan fingerprint density at radius 2 is 2.21 bits per heavy atom. The quantitative estimate of drug-likeness (QED) is 0.761. The van der Waals surface area contributed by atoms with Gasteiger partial charge in [0.1, 0.15) is 0 Å². The zero-order chi connectivity index (χ0) is 10.1. The van der Waals surface area contributed by atoms with Crippen LogP contribution in [-0.4, -0.2) is 13.0 Å². The minimum Gasteiger partial charge on any atom is -0.355 e. The maximum Gasteiger partial charge on any atom is 0.251 e. The van der Waals surface area contributed by atoms with Crippen molar-refractivity contribution in [3.05, 3.63) is 34.7 Å². The number of carbonyl (C=O) groups excluding carboxylic acids is 1. The summed E-state index contributed by atoms with van der Waals surface area (Å²) in [6.45, 7) is 2.06. The molecule has 0 spiro atoms. The highest BCUT2D eigenvalue weighted by Gasteiger charge is 2.05. The molecule has 0 fully saturated rings. The highest BCUT2D eigenvalue weighted by atomic mass is 32.1. The van der Waals surface area contributed by atoms with E-state index in [-0.39, 0.29) is 5.91 Å². The third kappa shape index (κ3) is 1.40. The van der Waals surface area contributed by atoms with E-state index in [2.05, 4.69) is 17.6 Å². The summed E-state index contributed by atoms with van der Waals surface area (Å²) in [7, 11) is 1.65. The first-order valence-corrected chi connectivity index (χ1v) is 5.30. The lowest BCUT2D eigenvalue weighted by atomic mass is 10.1. The van der Waals surface area contributed by atoms with E-state index in [9.17, 15) is 4.79 Å². The highest BCUT2D eigenvalue weighted by molar-refractivity contribution is 7.17. The van der Waals surface area contributed by atoms with Crippen molar-refractivity contribution in [3.63, 3.8) is 0 Å². The zero-order valence-corrected chi connectivity index (χ0v) is 8.94. The fraction of sp³-hybridized carbons (Fsp3) is 0.182. The molecule has 3 heteroatoms. The average molecular weight is 205 g/mol. The lowest BCUT2D eigenvalue weighted by Crippen LogP contribution is -2.17. The van der Waals surface area contributed by atoms with Crippen LogP contribution >= 0.6 is 11.3 Å². The molecule has 14 heavy (non-hydrogen) atoms. The Morgan fingerprint density at radius 3 is 2.93 bits per heavy atom. The molecule has 72 valence electrons. The molecular weight excluding hydrogens is 194 g/mol. The van der Waals surface area contributed by atoms with Crippen molar-refractivity contribution in [3.8, 4) is 0 Å². The SMILES string of the molecule is CNC(=O)c1ccc2scc(C)c2c1. The summed E-state index contributed by atoms with van der Waals surface area (Å²) in [6.07, 6.45) is 0. The molecule has 0 bridgehead atoms. The second-order valence-corrected chi connectivity index (χ2v) is 4.12. The van der Waals surface area contributed by atoms with Crippen LogP contribution in [0.2, 0.25) is 0 Å². The summed E-state index contributed by atoms with van der Waals surface area (Å²) in [5.74, 6) is -0.0301. The maximum absolute atomic E-state index is 11.4. The summed E-state index contributed by atoms with van der Waals surface area (Å²) < 4.78 is 1.23. The molecule has 0 aliphatic carbocycles. The normalized spacial score (nSPS) is 10.4. The summed E-state index contributed by atoms with van der Waals surface area (Å²) in [5.41, 5.74) is 1.96. The van der Waals surface area contributed by atoms with Crippen LogP contribution in [0.1, 0.15) is 15.9 Å². The van der Waals surface area contributed by atoms with Crippen LogP contribution in [0.3, 0.4) is 0 Å². The Kier molecular flexibility index (Phi) is 2.25. The van der Waals surface area contributed by atoms with Gasteiger partial charge < -0.3 is 5.32 Å². The third-order valence-corrected chi connectivity index (χ3v) is 3.34. The van der Waals surface area contributed by atoms with E-state index in [1.807, 2.05) is 18.2 Å². The molecule has 2 nitrogen and oxygen atoms in total. The average Bonchev–Trinajstić information content (AvgIpc) is 2.59. The Bertz CT molecular complexity index is 487. The molecule has 0 atom stereocenters. The van der Waals surface area contributed by atoms with Gasteiger partial charge in [0.15, 0.2) is 0 Å². The molecule has 2 rings (SSSR count). The molecule has 0 saturated heterocycles. The molecule has 1 amide bonds. The number of hydrogen-bond donors (Lipinski definition) is 1. The first kappa shape index (κ1) is 9.21. The number of fused-ring (bicyclic) bond motifs is 1. The van der Waals surface area contributed by atoms with E-state index < -0.39 is 0 Å². The van der Waals surface area contributed by atoms with Crippen LogP contribution in [-0.2, 0) is 0 Å². The minimum atomic E-state index is -0.0301. The largest absolute Gasteiger partial charge is 0.355 e. The van der Waals surface area contributed by atoms with Gasteiger partial charge in [-0.25, -0.2) is 0 Å². The van der Waals surface area contributed by atoms with Gasteiger partial charge >= 0.3 is 0 Å². The van der Waals surface area contributed by atoms with E-state index in [0.29, 0.717) is 0 Å². The maximum atomic E-state index is 11.4. The number of hydrogen-bond acceptors (Lipinski definition) is 2. The number of carbonyl (C=O) groups is 1. The fourth-order valence-corrected chi connectivity index (χ4v) is 2.37. The predicted molar refractivity (Wildman–Crippen MR) is 60.0 cm³/mol. The molecule has 0 aliphatic rings. The van der Waals surface area contributed by atoms with E-state index in [1.54, 1.807) is 18.4 Å². The standard InChI is InChI=1S/C11H11NOS/c1-7-6-14-10-4-3-8(5-9(7)10)11(13)12-2/h3-6H,1-2H3,(H,12,13). The lowest BCUT2D eigenvalue weighted by Gasteiger charge is -1.99. The second-order valence-electron chi connectivity index (χ2n) is 3.21. The van der Waals surface area contributed by atoms with Gasteiger partial charge in [0.25, 0.3) is 5.91 Å². The van der Waals surface area contributed by atoms with Crippen molar-refractivity contribution in [1.29, 1.82) is 0 Å². The number of nitrogens with one attached hydrogen (secondary N) is 1. The Balaban J connectivity index is 2.60. The second kappa shape index (κ2) is 3.42. The van der Waals surface area contributed by atoms with Crippen molar-refractivity contribution in [1.82, 2.24) is 5.32 Å². The molecule has 0 radical (unpaired) electrons. The van der Waals surface area contributed by atoms with Gasteiger partial charge in [0.2, 0.25) is 0 Å². The molecule has 0 unspecified atom stereocenters. The fourth-order valence-electron chi connectivity index (χ4n) is 1.44. The molecule has 1 N–H and O–H groups in total. The number of rotatable bonds is 1. The Labute approximate surface area is 86.6 Å². The Hall–Kier alpha value is -1.35. The van der Waals surface area contributed by atoms with Crippen LogP contribution < -0.4 is 5.32 Å². The van der Waals surface area contributed by atoms with E-state index in [4.69, 9.17) is 0 Å². The topological polar surface area (TPSA) is 29.1 Å². The Morgan fingerprint density at radius 1 is 1.43 bits per heavy atom. The smallest absolute Gasteiger partial charge is 0.251 e. The number of aryl methyl sites for hydroxylation is 1. The van der Waals surface area contributed by atoms with Gasteiger partial charge in [-0.15, -0.1) is 11.3 Å². The van der Waals surface area contributed by atoms with Crippen molar-refractivity contribution in [2.75, 3.05) is 7.05 Å². The van der Waals surface area contributed by atoms with E-state index >= 15 is 0 Å². The summed E-state index contributed by atoms with van der Waals surface area (Å²) in [6, 6.07) is 5.80. The van der Waals surface area contributed by atoms with Crippen LogP contribution in [0.25, 0.3) is 10.1 Å². The molecule has 1 heterocycles. The monoisotopic (exact) mass is 205 g/mol. The van der Waals surface area contributed by atoms with E-state index in [1.165, 1.54) is 15.6 Å². The van der Waals surface area contributed by atoms with Crippen molar-refractivity contribution in [2.45, 2.75) is 6.92 Å². The van der Waals surface area contributed by atoms with Crippen LogP contribution in [0.15, 0.2) is 23.6 Å². The molecule has 0 saturated carbocycles. The molecule has 0 aliphatic heterocycles. The van der Waals surface area contributed by atoms with Gasteiger partial charge in [-0.05, 0) is 41.5 Å². The van der Waals surface area contributed by atoms with Gasteiger partial charge in [-0.2, -0.15) is 0 Å².